The summed E-state index contributed by atoms with van der Waals surface area (Å²) in [6, 6.07) is 16.1. The fourth-order valence-electron chi connectivity index (χ4n) is 5.22. The van der Waals surface area contributed by atoms with E-state index in [2.05, 4.69) is 22.0 Å². The first-order chi connectivity index (χ1) is 18.1. The molecule has 4 heterocycles. The summed E-state index contributed by atoms with van der Waals surface area (Å²) in [5, 5.41) is 0. The minimum absolute atomic E-state index is 0.0705. The number of hydrogen-bond donors (Lipinski definition) is 0. The van der Waals surface area contributed by atoms with Gasteiger partial charge in [-0.25, -0.2) is 0 Å². The number of fused-ring (bicyclic) bond motifs is 4. The van der Waals surface area contributed by atoms with Gasteiger partial charge in [-0.1, -0.05) is 18.2 Å². The van der Waals surface area contributed by atoms with Crippen molar-refractivity contribution in [2.75, 3.05) is 42.6 Å². The van der Waals surface area contributed by atoms with Crippen molar-refractivity contribution in [3.8, 4) is 10.4 Å². The molecular formula is C29H27N3O4S. The zero-order valence-corrected chi connectivity index (χ0v) is 21.3. The Morgan fingerprint density at radius 1 is 1.03 bits per heavy atom. The summed E-state index contributed by atoms with van der Waals surface area (Å²) < 4.78 is 11.5. The minimum atomic E-state index is -0.0705. The lowest BCUT2D eigenvalue weighted by atomic mass is 10.1. The van der Waals surface area contributed by atoms with E-state index in [4.69, 9.17) is 9.15 Å². The number of carbonyl (C=O) groups excluding carboxylic acids is 2. The topological polar surface area (TPSA) is 75.9 Å². The third-order valence-electron chi connectivity index (χ3n) is 7.45. The number of hydrogen-bond acceptors (Lipinski definition) is 7. The molecule has 0 spiro atoms. The third kappa shape index (κ3) is 4.24. The highest BCUT2D eigenvalue weighted by molar-refractivity contribution is 7.17. The van der Waals surface area contributed by atoms with Crippen molar-refractivity contribution in [3.05, 3.63) is 64.5 Å². The number of Topliss-reactive ketones (excluding diaryl/α,β-unsaturated/α-hetero) is 1. The number of rotatable bonds is 5. The van der Waals surface area contributed by atoms with Crippen LogP contribution in [-0.4, -0.2) is 49.5 Å². The van der Waals surface area contributed by atoms with Gasteiger partial charge in [-0.05, 0) is 61.1 Å². The summed E-state index contributed by atoms with van der Waals surface area (Å²) in [6.07, 6.45) is 3.70. The van der Waals surface area contributed by atoms with Crippen LogP contribution in [0.4, 0.5) is 11.7 Å². The van der Waals surface area contributed by atoms with E-state index in [0.717, 1.165) is 45.2 Å². The first-order valence-corrected chi connectivity index (χ1v) is 13.8. The Morgan fingerprint density at radius 2 is 1.86 bits per heavy atom. The van der Waals surface area contributed by atoms with Crippen LogP contribution in [0.15, 0.2) is 52.9 Å². The van der Waals surface area contributed by atoms with Crippen molar-refractivity contribution in [1.29, 1.82) is 0 Å². The lowest BCUT2D eigenvalue weighted by Crippen LogP contribution is -2.36. The molecule has 0 radical (unpaired) electrons. The molecule has 8 heteroatoms. The molecular weight excluding hydrogens is 486 g/mol. The molecule has 2 fully saturated rings. The maximum atomic E-state index is 13.8. The van der Waals surface area contributed by atoms with Crippen molar-refractivity contribution in [2.24, 2.45) is 5.92 Å². The smallest absolute Gasteiger partial charge is 0.298 e. The van der Waals surface area contributed by atoms with E-state index < -0.39 is 0 Å². The fourth-order valence-corrected chi connectivity index (χ4v) is 6.41. The number of carbonyl (C=O) groups is 2. The summed E-state index contributed by atoms with van der Waals surface area (Å²) >= 11 is 1.57. The lowest BCUT2D eigenvalue weighted by Gasteiger charge is -2.24. The predicted molar refractivity (Wildman–Crippen MR) is 144 cm³/mol. The second kappa shape index (κ2) is 9.11. The molecule has 2 aliphatic heterocycles. The molecule has 7 rings (SSSR count). The molecule has 2 aromatic carbocycles. The largest absolute Gasteiger partial charge is 0.423 e. The Kier molecular flexibility index (Phi) is 5.59. The minimum Gasteiger partial charge on any atom is -0.423 e. The number of aromatic nitrogens is 1. The van der Waals surface area contributed by atoms with Crippen molar-refractivity contribution in [3.63, 3.8) is 0 Å². The van der Waals surface area contributed by atoms with Crippen LogP contribution < -0.4 is 9.80 Å². The van der Waals surface area contributed by atoms with Gasteiger partial charge in [-0.2, -0.15) is 4.98 Å². The standard InChI is InChI=1S/C29H27N3O4S/c33-24(15-18-5-6-18)26-17-19-9-10-32(23-4-2-1-3-21(23)27(19)37-26)28(34)20-7-8-22-25(16-20)36-29(30-22)31-11-13-35-14-12-31/h1-4,7-8,16-18H,5-6,9-15H2. The first-order valence-electron chi connectivity index (χ1n) is 12.9. The molecule has 2 aromatic heterocycles. The van der Waals surface area contributed by atoms with Crippen LogP contribution in [0.1, 0.15) is 44.9 Å². The number of morpholine rings is 1. The molecule has 1 saturated heterocycles. The monoisotopic (exact) mass is 513 g/mol. The van der Waals surface area contributed by atoms with Crippen molar-refractivity contribution >= 4 is 45.8 Å². The molecule has 7 nitrogen and oxygen atoms in total. The van der Waals surface area contributed by atoms with Crippen molar-refractivity contribution < 1.29 is 18.7 Å². The Labute approximate surface area is 218 Å². The number of nitrogens with zero attached hydrogens (tertiary/aromatic N) is 3. The Balaban J connectivity index is 1.19. The Morgan fingerprint density at radius 3 is 2.70 bits per heavy atom. The van der Waals surface area contributed by atoms with E-state index in [1.54, 1.807) is 17.4 Å². The molecule has 4 aromatic rings. The highest BCUT2D eigenvalue weighted by Gasteiger charge is 2.30. The van der Waals surface area contributed by atoms with E-state index in [1.807, 2.05) is 35.2 Å². The van der Waals surface area contributed by atoms with E-state index in [1.165, 1.54) is 12.8 Å². The molecule has 3 aliphatic rings. The molecule has 37 heavy (non-hydrogen) atoms. The van der Waals surface area contributed by atoms with Crippen LogP contribution in [0.2, 0.25) is 0 Å². The van der Waals surface area contributed by atoms with Gasteiger partial charge >= 0.3 is 0 Å². The van der Waals surface area contributed by atoms with E-state index in [-0.39, 0.29) is 11.7 Å². The van der Waals surface area contributed by atoms with Crippen molar-refractivity contribution in [1.82, 2.24) is 4.98 Å². The van der Waals surface area contributed by atoms with Gasteiger partial charge in [0.15, 0.2) is 11.4 Å². The molecule has 1 amide bonds. The maximum Gasteiger partial charge on any atom is 0.298 e. The maximum absolute atomic E-state index is 13.8. The highest BCUT2D eigenvalue weighted by Crippen LogP contribution is 2.43. The summed E-state index contributed by atoms with van der Waals surface area (Å²) in [6.45, 7) is 3.32. The molecule has 0 bridgehead atoms. The van der Waals surface area contributed by atoms with Crippen LogP contribution >= 0.6 is 11.3 Å². The average Bonchev–Trinajstić information content (AvgIpc) is 3.52. The summed E-state index contributed by atoms with van der Waals surface area (Å²) in [5.74, 6) is 0.753. The summed E-state index contributed by atoms with van der Waals surface area (Å²) in [4.78, 5) is 37.1. The SMILES string of the molecule is O=C(CC1CC1)c1cc2c(s1)-c1ccccc1N(C(=O)c1ccc3nc(N4CCOCC4)oc3c1)CC2. The van der Waals surface area contributed by atoms with Gasteiger partial charge in [0, 0.05) is 42.1 Å². The number of para-hydroxylation sites is 1. The van der Waals surface area contributed by atoms with Gasteiger partial charge in [-0.3, -0.25) is 9.59 Å². The van der Waals surface area contributed by atoms with Crippen LogP contribution in [0.3, 0.4) is 0 Å². The van der Waals surface area contributed by atoms with E-state index in [0.29, 0.717) is 55.7 Å². The predicted octanol–water partition coefficient (Wildman–Crippen LogP) is 5.58. The second-order valence-corrected chi connectivity index (χ2v) is 11.1. The number of ether oxygens (including phenoxy) is 1. The Bertz CT molecular complexity index is 1510. The quantitative estimate of drug-likeness (QED) is 0.325. The average molecular weight is 514 g/mol. The van der Waals surface area contributed by atoms with Gasteiger partial charge in [0.25, 0.3) is 11.9 Å². The van der Waals surface area contributed by atoms with Gasteiger partial charge in [0.2, 0.25) is 0 Å². The zero-order valence-electron chi connectivity index (χ0n) is 20.4. The Hall–Kier alpha value is -3.49. The van der Waals surface area contributed by atoms with Crippen LogP contribution in [0, 0.1) is 5.92 Å². The summed E-state index contributed by atoms with van der Waals surface area (Å²) in [7, 11) is 0. The summed E-state index contributed by atoms with van der Waals surface area (Å²) in [5.41, 5.74) is 4.94. The molecule has 0 N–H and O–H groups in total. The van der Waals surface area contributed by atoms with Crippen LogP contribution in [0.5, 0.6) is 0 Å². The second-order valence-electron chi connectivity index (χ2n) is 10.0. The van der Waals surface area contributed by atoms with Gasteiger partial charge in [-0.15, -0.1) is 11.3 Å². The lowest BCUT2D eigenvalue weighted by molar-refractivity contribution is 0.0974. The number of ketones is 1. The first kappa shape index (κ1) is 22.7. The highest BCUT2D eigenvalue weighted by atomic mass is 32.1. The van der Waals surface area contributed by atoms with Gasteiger partial charge in [0.05, 0.1) is 23.8 Å². The molecule has 188 valence electrons. The number of oxazole rings is 1. The van der Waals surface area contributed by atoms with E-state index in [9.17, 15) is 9.59 Å². The van der Waals surface area contributed by atoms with E-state index >= 15 is 0 Å². The molecule has 1 aliphatic carbocycles. The number of amides is 1. The normalized spacial score (nSPS) is 17.4. The number of thiophene rings is 1. The van der Waals surface area contributed by atoms with Crippen LogP contribution in [-0.2, 0) is 11.2 Å². The van der Waals surface area contributed by atoms with Gasteiger partial charge in [0.1, 0.15) is 5.52 Å². The zero-order chi connectivity index (χ0) is 24.9. The van der Waals surface area contributed by atoms with Gasteiger partial charge < -0.3 is 19.0 Å². The number of anilines is 2. The molecule has 0 unspecified atom stereocenters. The molecule has 0 atom stereocenters. The molecule has 1 saturated carbocycles. The third-order valence-corrected chi connectivity index (χ3v) is 8.70. The van der Waals surface area contributed by atoms with Crippen LogP contribution in [0.25, 0.3) is 21.5 Å². The number of benzene rings is 2. The van der Waals surface area contributed by atoms with Crippen molar-refractivity contribution in [2.45, 2.75) is 25.7 Å². The fraction of sp³-hybridized carbons (Fsp3) is 0.345.